The number of Topliss-reactive ketones (excluding diaryl/α,β-unsaturated/α-hetero) is 1. The van der Waals surface area contributed by atoms with Gasteiger partial charge in [-0.1, -0.05) is 18.6 Å². The summed E-state index contributed by atoms with van der Waals surface area (Å²) in [7, 11) is 0. The zero-order chi connectivity index (χ0) is 25.8. The molecule has 0 aliphatic carbocycles. The highest BCUT2D eigenvalue weighted by molar-refractivity contribution is 5.99. The molecule has 0 bridgehead atoms. The van der Waals surface area contributed by atoms with Crippen molar-refractivity contribution >= 4 is 11.7 Å². The molecule has 2 aromatic rings. The van der Waals surface area contributed by atoms with E-state index in [0.29, 0.717) is 37.1 Å². The summed E-state index contributed by atoms with van der Waals surface area (Å²) in [6, 6.07) is 9.74. The van der Waals surface area contributed by atoms with E-state index in [1.54, 1.807) is 29.3 Å². The highest BCUT2D eigenvalue weighted by Crippen LogP contribution is 2.43. The second-order valence-corrected chi connectivity index (χ2v) is 9.57. The number of rotatable bonds is 8. The molecule has 36 heavy (non-hydrogen) atoms. The van der Waals surface area contributed by atoms with Crippen LogP contribution in [0.15, 0.2) is 42.7 Å². The Balaban J connectivity index is 1.43. The number of amides is 1. The minimum Gasteiger partial charge on any atom is -0.306 e. The third-order valence-electron chi connectivity index (χ3n) is 7.07. The van der Waals surface area contributed by atoms with Crippen LogP contribution in [-0.4, -0.2) is 57.7 Å². The zero-order valence-corrected chi connectivity index (χ0v) is 20.1. The van der Waals surface area contributed by atoms with Gasteiger partial charge in [-0.2, -0.15) is 5.26 Å². The van der Waals surface area contributed by atoms with Gasteiger partial charge in [0.25, 0.3) is 5.92 Å². The monoisotopic (exact) mass is 498 g/mol. The van der Waals surface area contributed by atoms with E-state index >= 15 is 0 Å². The molecular weight excluding hydrogens is 469 g/mol. The number of benzene rings is 1. The van der Waals surface area contributed by atoms with Gasteiger partial charge in [0.05, 0.1) is 13.0 Å². The highest BCUT2D eigenvalue weighted by Gasteiger charge is 2.60. The second kappa shape index (κ2) is 10.8. The summed E-state index contributed by atoms with van der Waals surface area (Å²) >= 11 is 0. The van der Waals surface area contributed by atoms with Crippen LogP contribution in [0.4, 0.5) is 13.2 Å². The van der Waals surface area contributed by atoms with Crippen LogP contribution in [-0.2, 0) is 17.6 Å². The first kappa shape index (κ1) is 25.8. The molecule has 1 aromatic carbocycles. The number of alkyl halides is 2. The van der Waals surface area contributed by atoms with Gasteiger partial charge in [-0.3, -0.25) is 19.5 Å². The molecule has 0 radical (unpaired) electrons. The fourth-order valence-electron chi connectivity index (χ4n) is 5.20. The van der Waals surface area contributed by atoms with Crippen LogP contribution in [0.1, 0.15) is 60.0 Å². The third-order valence-corrected chi connectivity index (χ3v) is 7.07. The Labute approximate surface area is 208 Å². The van der Waals surface area contributed by atoms with Crippen LogP contribution in [0, 0.1) is 17.1 Å². The molecular formula is C27H29F3N4O2. The summed E-state index contributed by atoms with van der Waals surface area (Å²) in [6.07, 6.45) is 5.58. The number of hydrogen-bond donors (Lipinski definition) is 0. The molecule has 3 heterocycles. The molecule has 9 heteroatoms. The quantitative estimate of drug-likeness (QED) is 0.500. The molecule has 1 aromatic heterocycles. The van der Waals surface area contributed by atoms with E-state index in [4.69, 9.17) is 0 Å². The van der Waals surface area contributed by atoms with E-state index in [1.165, 1.54) is 18.3 Å². The number of aryl methyl sites for hydroxylation is 2. The number of piperidine rings is 1. The number of ketones is 1. The van der Waals surface area contributed by atoms with Gasteiger partial charge >= 0.3 is 0 Å². The molecule has 0 unspecified atom stereocenters. The van der Waals surface area contributed by atoms with E-state index in [9.17, 15) is 28.0 Å². The summed E-state index contributed by atoms with van der Waals surface area (Å²) in [6.45, 7) is 0.157. The lowest BCUT2D eigenvalue weighted by molar-refractivity contribution is -0.140. The number of nitriles is 1. The fraction of sp³-hybridized carbons (Fsp3) is 0.481. The summed E-state index contributed by atoms with van der Waals surface area (Å²) in [5.74, 6) is -4.39. The van der Waals surface area contributed by atoms with Crippen molar-refractivity contribution in [2.24, 2.45) is 0 Å². The van der Waals surface area contributed by atoms with Crippen LogP contribution >= 0.6 is 0 Å². The van der Waals surface area contributed by atoms with Crippen molar-refractivity contribution in [2.75, 3.05) is 19.6 Å². The molecule has 2 aliphatic rings. The maximum Gasteiger partial charge on any atom is 0.270 e. The van der Waals surface area contributed by atoms with E-state index in [0.717, 1.165) is 29.7 Å². The Morgan fingerprint density at radius 2 is 1.75 bits per heavy atom. The third kappa shape index (κ3) is 5.59. The van der Waals surface area contributed by atoms with Crippen LogP contribution < -0.4 is 0 Å². The molecule has 4 rings (SSSR count). The number of halogens is 3. The molecule has 1 atom stereocenters. The van der Waals surface area contributed by atoms with Crippen molar-refractivity contribution in [2.45, 2.75) is 63.0 Å². The lowest BCUT2D eigenvalue weighted by atomic mass is 9.97. The number of nitrogens with zero attached hydrogens (tertiary/aromatic N) is 4. The lowest BCUT2D eigenvalue weighted by Gasteiger charge is -2.43. The van der Waals surface area contributed by atoms with E-state index in [-0.39, 0.29) is 24.4 Å². The maximum absolute atomic E-state index is 14.5. The minimum atomic E-state index is -3.16. The highest BCUT2D eigenvalue weighted by atomic mass is 19.3. The van der Waals surface area contributed by atoms with Crippen molar-refractivity contribution in [1.29, 1.82) is 5.26 Å². The lowest BCUT2D eigenvalue weighted by Crippen LogP contribution is -2.59. The number of carbonyl (C=O) groups is 2. The van der Waals surface area contributed by atoms with Crippen molar-refractivity contribution < 1.29 is 22.8 Å². The molecule has 1 amide bonds. The fourth-order valence-corrected chi connectivity index (χ4v) is 5.20. The van der Waals surface area contributed by atoms with Gasteiger partial charge in [0.2, 0.25) is 5.91 Å². The standard InChI is InChI=1S/C27H29F3N4O2/c28-22-8-5-20(6-9-22)4-7-21-16-32-13-12-23(21)24(35)10-11-25(36)34-19-26(29,30)17-27(34,18-31)33-14-2-1-3-15-33/h5-6,8-9,12-13,16H,1-4,7,10-11,14-15,17,19H2/t27-/m0/s1. The van der Waals surface area contributed by atoms with E-state index in [2.05, 4.69) is 4.98 Å². The number of hydrogen-bond acceptors (Lipinski definition) is 5. The Kier molecular flexibility index (Phi) is 7.74. The van der Waals surface area contributed by atoms with Crippen molar-refractivity contribution in [3.05, 3.63) is 65.2 Å². The first-order chi connectivity index (χ1) is 17.2. The Bertz CT molecular complexity index is 1140. The van der Waals surface area contributed by atoms with Crippen molar-refractivity contribution in [1.82, 2.24) is 14.8 Å². The van der Waals surface area contributed by atoms with Crippen LogP contribution in [0.2, 0.25) is 0 Å². The average Bonchev–Trinajstić information content (AvgIpc) is 3.19. The second-order valence-electron chi connectivity index (χ2n) is 9.57. The SMILES string of the molecule is N#C[C@]1(N2CCCCC2)CC(F)(F)CN1C(=O)CCC(=O)c1ccncc1CCc1ccc(F)cc1. The van der Waals surface area contributed by atoms with Gasteiger partial charge in [0.1, 0.15) is 11.9 Å². The van der Waals surface area contributed by atoms with Gasteiger partial charge in [0.15, 0.2) is 11.4 Å². The molecule has 0 N–H and O–H groups in total. The summed E-state index contributed by atoms with van der Waals surface area (Å²) in [5.41, 5.74) is 0.358. The van der Waals surface area contributed by atoms with Crippen LogP contribution in [0.5, 0.6) is 0 Å². The van der Waals surface area contributed by atoms with Crippen LogP contribution in [0.25, 0.3) is 0 Å². The van der Waals surface area contributed by atoms with Crippen molar-refractivity contribution in [3.8, 4) is 6.07 Å². The van der Waals surface area contributed by atoms with Crippen LogP contribution in [0.3, 0.4) is 0 Å². The minimum absolute atomic E-state index is 0.157. The normalized spacial score (nSPS) is 21.8. The summed E-state index contributed by atoms with van der Waals surface area (Å²) in [4.78, 5) is 33.0. The van der Waals surface area contributed by atoms with E-state index < -0.39 is 30.5 Å². The molecule has 6 nitrogen and oxygen atoms in total. The molecule has 2 aliphatic heterocycles. The largest absolute Gasteiger partial charge is 0.306 e. The smallest absolute Gasteiger partial charge is 0.270 e. The molecule has 2 fully saturated rings. The van der Waals surface area contributed by atoms with Gasteiger partial charge in [0, 0.05) is 43.9 Å². The summed E-state index contributed by atoms with van der Waals surface area (Å²) < 4.78 is 42.1. The van der Waals surface area contributed by atoms with Gasteiger partial charge in [-0.25, -0.2) is 13.2 Å². The Morgan fingerprint density at radius 3 is 2.44 bits per heavy atom. The Morgan fingerprint density at radius 1 is 1.03 bits per heavy atom. The first-order valence-corrected chi connectivity index (χ1v) is 12.3. The van der Waals surface area contributed by atoms with Gasteiger partial charge in [-0.15, -0.1) is 0 Å². The first-order valence-electron chi connectivity index (χ1n) is 12.3. The maximum atomic E-state index is 14.5. The summed E-state index contributed by atoms with van der Waals surface area (Å²) in [5, 5.41) is 9.97. The molecule has 2 saturated heterocycles. The van der Waals surface area contributed by atoms with Gasteiger partial charge in [-0.05, 0) is 55.0 Å². The molecule has 190 valence electrons. The van der Waals surface area contributed by atoms with Gasteiger partial charge < -0.3 is 4.90 Å². The van der Waals surface area contributed by atoms with Crippen molar-refractivity contribution in [3.63, 3.8) is 0 Å². The average molecular weight is 499 g/mol. The zero-order valence-electron chi connectivity index (χ0n) is 20.1. The number of carbonyl (C=O) groups excluding carboxylic acids is 2. The van der Waals surface area contributed by atoms with E-state index in [1.807, 2.05) is 6.07 Å². The Hall–Kier alpha value is -3.25. The molecule has 0 spiro atoms. The topological polar surface area (TPSA) is 77.3 Å². The number of likely N-dealkylation sites (tertiary alicyclic amines) is 2. The predicted molar refractivity (Wildman–Crippen MR) is 127 cm³/mol. The predicted octanol–water partition coefficient (Wildman–Crippen LogP) is 4.54. The number of pyridine rings is 1. The molecule has 0 saturated carbocycles. The number of aromatic nitrogens is 1.